The highest BCUT2D eigenvalue weighted by molar-refractivity contribution is 6.30. The summed E-state index contributed by atoms with van der Waals surface area (Å²) in [6, 6.07) is 4.64. The maximum absolute atomic E-state index is 13.3. The second-order valence-corrected chi connectivity index (χ2v) is 4.41. The van der Waals surface area contributed by atoms with Gasteiger partial charge in [-0.05, 0) is 49.6 Å². The second kappa shape index (κ2) is 4.41. The largest absolute Gasteiger partial charge is 0.207 e. The van der Waals surface area contributed by atoms with Crippen molar-refractivity contribution in [3.63, 3.8) is 0 Å². The third-order valence-electron chi connectivity index (χ3n) is 2.92. The zero-order valence-corrected chi connectivity index (χ0v) is 10.6. The van der Waals surface area contributed by atoms with E-state index < -0.39 is 0 Å². The molecule has 0 radical (unpaired) electrons. The van der Waals surface area contributed by atoms with Gasteiger partial charge in [0.2, 0.25) is 0 Å². The Labute approximate surface area is 104 Å². The topological polar surface area (TPSA) is 25.8 Å². The summed E-state index contributed by atoms with van der Waals surface area (Å²) in [6.45, 7) is 5.71. The van der Waals surface area contributed by atoms with Crippen LogP contribution >= 0.6 is 11.6 Å². The maximum atomic E-state index is 13.3. The Hall–Kier alpha value is -1.48. The summed E-state index contributed by atoms with van der Waals surface area (Å²) in [5, 5.41) is 8.33. The number of nitrogens with zero attached hydrogens (tertiary/aromatic N) is 2. The van der Waals surface area contributed by atoms with Crippen LogP contribution in [-0.4, -0.2) is 10.2 Å². The summed E-state index contributed by atoms with van der Waals surface area (Å²) in [7, 11) is 0. The smallest absolute Gasteiger partial charge is 0.154 e. The number of hydrogen-bond donors (Lipinski definition) is 0. The Balaban J connectivity index is 2.69. The van der Waals surface area contributed by atoms with E-state index in [1.165, 1.54) is 12.1 Å². The van der Waals surface area contributed by atoms with Gasteiger partial charge in [-0.15, -0.1) is 10.2 Å². The van der Waals surface area contributed by atoms with Crippen molar-refractivity contribution in [1.29, 1.82) is 0 Å². The molecule has 0 bridgehead atoms. The molecule has 0 fully saturated rings. The van der Waals surface area contributed by atoms with Crippen molar-refractivity contribution in [1.82, 2.24) is 10.2 Å². The predicted molar refractivity (Wildman–Crippen MR) is 66.6 cm³/mol. The molecule has 0 atom stereocenters. The summed E-state index contributed by atoms with van der Waals surface area (Å²) >= 11 is 5.90. The van der Waals surface area contributed by atoms with E-state index in [-0.39, 0.29) is 5.82 Å². The molecule has 88 valence electrons. The van der Waals surface area contributed by atoms with Crippen molar-refractivity contribution in [3.8, 4) is 11.3 Å². The van der Waals surface area contributed by atoms with Gasteiger partial charge < -0.3 is 0 Å². The number of rotatable bonds is 1. The van der Waals surface area contributed by atoms with Crippen LogP contribution in [0.4, 0.5) is 4.39 Å². The fourth-order valence-electron chi connectivity index (χ4n) is 1.68. The lowest BCUT2D eigenvalue weighted by Gasteiger charge is -2.10. The highest BCUT2D eigenvalue weighted by Crippen LogP contribution is 2.28. The fraction of sp³-hybridized carbons (Fsp3) is 0.231. The summed E-state index contributed by atoms with van der Waals surface area (Å²) in [6.07, 6.45) is 0. The third-order valence-corrected chi connectivity index (χ3v) is 3.28. The Bertz CT molecular complexity index is 582. The zero-order chi connectivity index (χ0) is 12.6. The number of aryl methyl sites for hydroxylation is 1. The van der Waals surface area contributed by atoms with E-state index in [1.54, 1.807) is 6.07 Å². The molecular formula is C13H12ClFN2. The molecule has 0 N–H and O–H groups in total. The van der Waals surface area contributed by atoms with Gasteiger partial charge in [-0.25, -0.2) is 4.39 Å². The summed E-state index contributed by atoms with van der Waals surface area (Å²) in [5.41, 5.74) is 4.21. The van der Waals surface area contributed by atoms with E-state index in [2.05, 4.69) is 10.2 Å². The Kier molecular flexibility index (Phi) is 3.11. The number of hydrogen-bond acceptors (Lipinski definition) is 2. The maximum Gasteiger partial charge on any atom is 0.154 e. The van der Waals surface area contributed by atoms with Crippen molar-refractivity contribution in [2.75, 3.05) is 0 Å². The van der Waals surface area contributed by atoms with E-state index >= 15 is 0 Å². The van der Waals surface area contributed by atoms with Crippen molar-refractivity contribution in [2.45, 2.75) is 20.8 Å². The van der Waals surface area contributed by atoms with Crippen molar-refractivity contribution in [2.24, 2.45) is 0 Å². The molecule has 0 saturated carbocycles. The molecule has 4 heteroatoms. The molecule has 2 nitrogen and oxygen atoms in total. The van der Waals surface area contributed by atoms with Crippen LogP contribution in [-0.2, 0) is 0 Å². The van der Waals surface area contributed by atoms with Gasteiger partial charge in [0.1, 0.15) is 5.82 Å². The van der Waals surface area contributed by atoms with Crippen LogP contribution in [0.5, 0.6) is 0 Å². The van der Waals surface area contributed by atoms with Gasteiger partial charge in [0.15, 0.2) is 5.15 Å². The SMILES string of the molecule is Cc1ccc(F)cc1-c1nnc(Cl)c(C)c1C. The highest BCUT2D eigenvalue weighted by atomic mass is 35.5. The second-order valence-electron chi connectivity index (χ2n) is 4.05. The average Bonchev–Trinajstić information content (AvgIpc) is 2.30. The minimum atomic E-state index is -0.278. The van der Waals surface area contributed by atoms with Crippen LogP contribution in [0.1, 0.15) is 16.7 Å². The summed E-state index contributed by atoms with van der Waals surface area (Å²) < 4.78 is 13.3. The monoisotopic (exact) mass is 250 g/mol. The molecular weight excluding hydrogens is 239 g/mol. The van der Waals surface area contributed by atoms with Crippen LogP contribution in [0.2, 0.25) is 5.15 Å². The van der Waals surface area contributed by atoms with E-state index in [0.717, 1.165) is 22.3 Å². The van der Waals surface area contributed by atoms with Crippen molar-refractivity contribution >= 4 is 11.6 Å². The number of halogens is 2. The molecule has 1 aromatic heterocycles. The lowest BCUT2D eigenvalue weighted by atomic mass is 10.0. The molecule has 0 aliphatic heterocycles. The molecule has 1 heterocycles. The van der Waals surface area contributed by atoms with Crippen LogP contribution in [0.15, 0.2) is 18.2 Å². The molecule has 0 spiro atoms. The first-order valence-corrected chi connectivity index (χ1v) is 5.64. The van der Waals surface area contributed by atoms with Gasteiger partial charge in [0.25, 0.3) is 0 Å². The Morgan fingerprint density at radius 2 is 1.76 bits per heavy atom. The molecule has 17 heavy (non-hydrogen) atoms. The Morgan fingerprint density at radius 1 is 1.06 bits per heavy atom. The molecule has 2 aromatic rings. The molecule has 2 rings (SSSR count). The number of benzene rings is 1. The van der Waals surface area contributed by atoms with Gasteiger partial charge in [-0.2, -0.15) is 0 Å². The van der Waals surface area contributed by atoms with E-state index in [4.69, 9.17) is 11.6 Å². The zero-order valence-electron chi connectivity index (χ0n) is 9.88. The minimum Gasteiger partial charge on any atom is -0.207 e. The predicted octanol–water partition coefficient (Wildman–Crippen LogP) is 3.86. The Morgan fingerprint density at radius 3 is 2.47 bits per heavy atom. The van der Waals surface area contributed by atoms with Gasteiger partial charge in [-0.3, -0.25) is 0 Å². The lowest BCUT2D eigenvalue weighted by Crippen LogP contribution is -1.98. The summed E-state index contributed by atoms with van der Waals surface area (Å²) in [5.74, 6) is -0.278. The van der Waals surface area contributed by atoms with Crippen molar-refractivity contribution < 1.29 is 4.39 Å². The normalized spacial score (nSPS) is 10.6. The van der Waals surface area contributed by atoms with E-state index in [0.29, 0.717) is 10.8 Å². The summed E-state index contributed by atoms with van der Waals surface area (Å²) in [4.78, 5) is 0. The first-order valence-electron chi connectivity index (χ1n) is 5.26. The minimum absolute atomic E-state index is 0.278. The van der Waals surface area contributed by atoms with Gasteiger partial charge in [0.05, 0.1) is 5.69 Å². The van der Waals surface area contributed by atoms with Crippen LogP contribution < -0.4 is 0 Å². The molecule has 1 aromatic carbocycles. The third kappa shape index (κ3) is 2.15. The van der Waals surface area contributed by atoms with E-state index in [9.17, 15) is 4.39 Å². The van der Waals surface area contributed by atoms with Crippen LogP contribution in [0, 0.1) is 26.6 Å². The lowest BCUT2D eigenvalue weighted by molar-refractivity contribution is 0.628. The molecule has 0 saturated heterocycles. The van der Waals surface area contributed by atoms with Crippen molar-refractivity contribution in [3.05, 3.63) is 45.9 Å². The van der Waals surface area contributed by atoms with Gasteiger partial charge >= 0.3 is 0 Å². The van der Waals surface area contributed by atoms with E-state index in [1.807, 2.05) is 20.8 Å². The first-order chi connectivity index (χ1) is 8.00. The first kappa shape index (κ1) is 12.0. The molecule has 0 aliphatic carbocycles. The molecule has 0 unspecified atom stereocenters. The van der Waals surface area contributed by atoms with Crippen LogP contribution in [0.25, 0.3) is 11.3 Å². The molecule has 0 aliphatic rings. The quantitative estimate of drug-likeness (QED) is 0.768. The van der Waals surface area contributed by atoms with Gasteiger partial charge in [0, 0.05) is 5.56 Å². The van der Waals surface area contributed by atoms with Crippen LogP contribution in [0.3, 0.4) is 0 Å². The number of aromatic nitrogens is 2. The standard InChI is InChI=1S/C13H12ClFN2/c1-7-4-5-10(15)6-11(7)12-8(2)9(3)13(14)17-16-12/h4-6H,1-3H3. The fourth-order valence-corrected chi connectivity index (χ4v) is 1.86. The highest BCUT2D eigenvalue weighted by Gasteiger charge is 2.12. The van der Waals surface area contributed by atoms with Gasteiger partial charge in [-0.1, -0.05) is 17.7 Å². The molecule has 0 amide bonds. The average molecular weight is 251 g/mol.